The summed E-state index contributed by atoms with van der Waals surface area (Å²) in [5.41, 5.74) is 1.47. The molecule has 0 spiro atoms. The fraction of sp³-hybridized carbons (Fsp3) is 0.421. The van der Waals surface area contributed by atoms with Crippen LogP contribution in [0.4, 0.5) is 20.6 Å². The molecule has 0 unspecified atom stereocenters. The Labute approximate surface area is 155 Å². The lowest BCUT2D eigenvalue weighted by molar-refractivity contribution is 0.391. The van der Waals surface area contributed by atoms with Gasteiger partial charge in [-0.15, -0.1) is 0 Å². The number of benzene rings is 1. The van der Waals surface area contributed by atoms with Crippen LogP contribution in [-0.4, -0.2) is 41.6 Å². The Bertz CT molecular complexity index is 952. The second-order valence-electron chi connectivity index (χ2n) is 7.02. The second-order valence-corrected chi connectivity index (χ2v) is 7.02. The highest BCUT2D eigenvalue weighted by Crippen LogP contribution is 2.28. The predicted molar refractivity (Wildman–Crippen MR) is 98.9 cm³/mol. The normalized spacial score (nSPS) is 15.5. The molecule has 0 saturated carbocycles. The van der Waals surface area contributed by atoms with Crippen molar-refractivity contribution in [3.63, 3.8) is 0 Å². The van der Waals surface area contributed by atoms with Crippen molar-refractivity contribution in [1.82, 2.24) is 15.0 Å². The highest BCUT2D eigenvalue weighted by molar-refractivity contribution is 5.74. The van der Waals surface area contributed by atoms with Crippen molar-refractivity contribution < 1.29 is 13.2 Å². The predicted octanol–water partition coefficient (Wildman–Crippen LogP) is 3.56. The molecule has 0 N–H and O–H groups in total. The quantitative estimate of drug-likeness (QED) is 0.697. The van der Waals surface area contributed by atoms with Crippen molar-refractivity contribution >= 4 is 22.9 Å². The van der Waals surface area contributed by atoms with Crippen LogP contribution in [0.25, 0.3) is 11.1 Å². The highest BCUT2D eigenvalue weighted by atomic mass is 19.1. The molecule has 1 aliphatic rings. The fourth-order valence-electron chi connectivity index (χ4n) is 3.51. The number of piperidine rings is 1. The molecular formula is C19H21F2N5O. The number of anilines is 2. The SMILES string of the molecule is Cc1ncnc(N(C)CC2CCN(c3nc4ccc(F)cc4o3)CC2)c1F. The van der Waals surface area contributed by atoms with Gasteiger partial charge in [-0.1, -0.05) is 0 Å². The molecule has 0 radical (unpaired) electrons. The number of oxazole rings is 1. The van der Waals surface area contributed by atoms with E-state index in [1.807, 2.05) is 11.9 Å². The third-order valence-electron chi connectivity index (χ3n) is 5.06. The smallest absolute Gasteiger partial charge is 0.298 e. The minimum Gasteiger partial charge on any atom is -0.423 e. The highest BCUT2D eigenvalue weighted by Gasteiger charge is 2.25. The van der Waals surface area contributed by atoms with Crippen LogP contribution >= 0.6 is 0 Å². The van der Waals surface area contributed by atoms with E-state index in [0.717, 1.165) is 32.5 Å². The molecule has 1 saturated heterocycles. The summed E-state index contributed by atoms with van der Waals surface area (Å²) in [7, 11) is 1.85. The molecule has 3 heterocycles. The van der Waals surface area contributed by atoms with Crippen LogP contribution in [0.3, 0.4) is 0 Å². The average Bonchev–Trinajstić information content (AvgIpc) is 3.07. The van der Waals surface area contributed by atoms with Gasteiger partial charge in [0.2, 0.25) is 0 Å². The second kappa shape index (κ2) is 7.09. The van der Waals surface area contributed by atoms with E-state index in [1.165, 1.54) is 18.5 Å². The van der Waals surface area contributed by atoms with E-state index in [1.54, 1.807) is 13.0 Å². The molecule has 8 heteroatoms. The van der Waals surface area contributed by atoms with Crippen LogP contribution in [-0.2, 0) is 0 Å². The van der Waals surface area contributed by atoms with E-state index in [9.17, 15) is 8.78 Å². The Hall–Kier alpha value is -2.77. The lowest BCUT2D eigenvalue weighted by Gasteiger charge is -2.33. The number of aromatic nitrogens is 3. The molecule has 1 aromatic carbocycles. The Morgan fingerprint density at radius 1 is 1.22 bits per heavy atom. The zero-order valence-corrected chi connectivity index (χ0v) is 15.3. The summed E-state index contributed by atoms with van der Waals surface area (Å²) in [6, 6.07) is 4.88. The first-order valence-electron chi connectivity index (χ1n) is 9.00. The lowest BCUT2D eigenvalue weighted by Crippen LogP contribution is -2.38. The molecule has 0 atom stereocenters. The van der Waals surface area contributed by atoms with E-state index in [-0.39, 0.29) is 11.6 Å². The van der Waals surface area contributed by atoms with Crippen LogP contribution in [0.1, 0.15) is 18.5 Å². The van der Waals surface area contributed by atoms with Gasteiger partial charge in [-0.05, 0) is 37.8 Å². The summed E-state index contributed by atoms with van der Waals surface area (Å²) in [4.78, 5) is 16.3. The van der Waals surface area contributed by atoms with Crippen LogP contribution in [0.5, 0.6) is 0 Å². The number of hydrogen-bond acceptors (Lipinski definition) is 6. The maximum Gasteiger partial charge on any atom is 0.298 e. The number of fused-ring (bicyclic) bond motifs is 1. The number of hydrogen-bond donors (Lipinski definition) is 0. The summed E-state index contributed by atoms with van der Waals surface area (Å²) in [6.07, 6.45) is 3.26. The van der Waals surface area contributed by atoms with Gasteiger partial charge in [0, 0.05) is 32.7 Å². The van der Waals surface area contributed by atoms with E-state index in [4.69, 9.17) is 4.42 Å². The molecule has 3 aromatic rings. The Morgan fingerprint density at radius 2 is 2.00 bits per heavy atom. The fourth-order valence-corrected chi connectivity index (χ4v) is 3.51. The third-order valence-corrected chi connectivity index (χ3v) is 5.06. The van der Waals surface area contributed by atoms with Gasteiger partial charge in [-0.3, -0.25) is 0 Å². The van der Waals surface area contributed by atoms with Crippen LogP contribution in [0.2, 0.25) is 0 Å². The van der Waals surface area contributed by atoms with E-state index < -0.39 is 0 Å². The summed E-state index contributed by atoms with van der Waals surface area (Å²) in [6.45, 7) is 3.94. The van der Waals surface area contributed by atoms with E-state index >= 15 is 0 Å². The molecule has 27 heavy (non-hydrogen) atoms. The summed E-state index contributed by atoms with van der Waals surface area (Å²) in [5, 5.41) is 0. The first kappa shape index (κ1) is 17.6. The summed E-state index contributed by atoms with van der Waals surface area (Å²) in [5.74, 6) is 0.0592. The van der Waals surface area contributed by atoms with Crippen molar-refractivity contribution in [2.24, 2.45) is 5.92 Å². The van der Waals surface area contributed by atoms with Crippen molar-refractivity contribution in [3.05, 3.63) is 41.9 Å². The van der Waals surface area contributed by atoms with E-state index in [0.29, 0.717) is 34.5 Å². The maximum absolute atomic E-state index is 14.2. The van der Waals surface area contributed by atoms with Gasteiger partial charge in [0.25, 0.3) is 6.01 Å². The zero-order chi connectivity index (χ0) is 19.0. The van der Waals surface area contributed by atoms with Crippen molar-refractivity contribution in [2.75, 3.05) is 36.5 Å². The van der Waals surface area contributed by atoms with Crippen molar-refractivity contribution in [2.45, 2.75) is 19.8 Å². The van der Waals surface area contributed by atoms with Gasteiger partial charge in [-0.25, -0.2) is 18.7 Å². The van der Waals surface area contributed by atoms with Crippen molar-refractivity contribution in [1.29, 1.82) is 0 Å². The average molecular weight is 373 g/mol. The molecule has 0 amide bonds. The van der Waals surface area contributed by atoms with Crippen LogP contribution in [0.15, 0.2) is 28.9 Å². The topological polar surface area (TPSA) is 58.3 Å². The molecule has 1 fully saturated rings. The number of rotatable bonds is 4. The first-order chi connectivity index (χ1) is 13.0. The molecule has 0 aliphatic carbocycles. The van der Waals surface area contributed by atoms with Gasteiger partial charge in [0.15, 0.2) is 17.2 Å². The summed E-state index contributed by atoms with van der Waals surface area (Å²) < 4.78 is 33.2. The molecule has 2 aromatic heterocycles. The molecule has 142 valence electrons. The Kier molecular flexibility index (Phi) is 4.63. The minimum absolute atomic E-state index is 0.334. The van der Waals surface area contributed by atoms with Gasteiger partial charge in [0.05, 0.1) is 5.69 Å². The van der Waals surface area contributed by atoms with E-state index in [2.05, 4.69) is 19.9 Å². The van der Waals surface area contributed by atoms with Crippen LogP contribution < -0.4 is 9.80 Å². The molecule has 0 bridgehead atoms. The number of nitrogens with zero attached hydrogens (tertiary/aromatic N) is 5. The zero-order valence-electron chi connectivity index (χ0n) is 15.3. The maximum atomic E-state index is 14.2. The molecular weight excluding hydrogens is 352 g/mol. The number of aryl methyl sites for hydroxylation is 1. The number of halogens is 2. The third kappa shape index (κ3) is 3.56. The Balaban J connectivity index is 1.39. The first-order valence-corrected chi connectivity index (χ1v) is 9.00. The molecule has 1 aliphatic heterocycles. The van der Waals surface area contributed by atoms with Crippen molar-refractivity contribution in [3.8, 4) is 0 Å². The lowest BCUT2D eigenvalue weighted by atomic mass is 9.96. The molecule has 4 rings (SSSR count). The standard InChI is InChI=1S/C19H21F2N5O/c1-12-17(21)18(23-11-22-12)25(2)10-13-5-7-26(8-6-13)19-24-15-4-3-14(20)9-16(15)27-19/h3-4,9,11,13H,5-8,10H2,1-2H3. The van der Waals surface area contributed by atoms with Crippen LogP contribution in [0, 0.1) is 24.5 Å². The largest absolute Gasteiger partial charge is 0.423 e. The Morgan fingerprint density at radius 3 is 2.78 bits per heavy atom. The van der Waals surface area contributed by atoms with Gasteiger partial charge < -0.3 is 14.2 Å². The summed E-state index contributed by atoms with van der Waals surface area (Å²) >= 11 is 0. The van der Waals surface area contributed by atoms with Gasteiger partial charge in [-0.2, -0.15) is 4.98 Å². The molecule has 6 nitrogen and oxygen atoms in total. The minimum atomic E-state index is -0.365. The monoisotopic (exact) mass is 373 g/mol. The van der Waals surface area contributed by atoms with Gasteiger partial charge in [0.1, 0.15) is 17.7 Å². The van der Waals surface area contributed by atoms with Gasteiger partial charge >= 0.3 is 0 Å².